The zero-order valence-electron chi connectivity index (χ0n) is 10.0. The van der Waals surface area contributed by atoms with Gasteiger partial charge in [0.1, 0.15) is 11.5 Å². The largest absolute Gasteiger partial charge is 0.493 e. The summed E-state index contributed by atoms with van der Waals surface area (Å²) in [4.78, 5) is 8.14. The zero-order valence-corrected chi connectivity index (χ0v) is 10.8. The number of rotatable bonds is 4. The molecule has 1 fully saturated rings. The predicted molar refractivity (Wildman–Crippen MR) is 69.3 cm³/mol. The second kappa shape index (κ2) is 4.61. The molecule has 1 aromatic heterocycles. The molecule has 3 rings (SSSR count). The van der Waals surface area contributed by atoms with Crippen LogP contribution in [0.1, 0.15) is 12.8 Å². The van der Waals surface area contributed by atoms with Crippen LogP contribution in [0.3, 0.4) is 0 Å². The van der Waals surface area contributed by atoms with Crippen LogP contribution in [-0.2, 0) is 0 Å². The van der Waals surface area contributed by atoms with Crippen molar-refractivity contribution in [3.8, 4) is 11.5 Å². The molecule has 0 atom stereocenters. The molecule has 1 aliphatic rings. The Kier molecular flexibility index (Phi) is 2.96. The van der Waals surface area contributed by atoms with Gasteiger partial charge in [0.25, 0.3) is 0 Å². The first kappa shape index (κ1) is 11.5. The molecule has 18 heavy (non-hydrogen) atoms. The Morgan fingerprint density at radius 1 is 1.28 bits per heavy atom. The maximum Gasteiger partial charge on any atom is 0.163 e. The van der Waals surface area contributed by atoms with Crippen LogP contribution in [0.2, 0.25) is 5.15 Å². The van der Waals surface area contributed by atoms with Crippen molar-refractivity contribution in [2.75, 3.05) is 13.7 Å². The van der Waals surface area contributed by atoms with E-state index in [4.69, 9.17) is 21.1 Å². The standard InChI is InChI=1S/C13H13ClN2O2/c1-17-11-4-9-10(15-7-16-13(9)14)5-12(11)18-6-8-2-3-8/h4-5,7-8H,2-3,6H2,1H3. The third-order valence-electron chi connectivity index (χ3n) is 3.04. The highest BCUT2D eigenvalue weighted by atomic mass is 35.5. The van der Waals surface area contributed by atoms with E-state index in [0.29, 0.717) is 22.6 Å². The number of halogens is 1. The lowest BCUT2D eigenvalue weighted by molar-refractivity contribution is 0.281. The highest BCUT2D eigenvalue weighted by Gasteiger charge is 2.22. The van der Waals surface area contributed by atoms with E-state index in [9.17, 15) is 0 Å². The van der Waals surface area contributed by atoms with Crippen LogP contribution in [0.15, 0.2) is 18.5 Å². The third-order valence-corrected chi connectivity index (χ3v) is 3.34. The summed E-state index contributed by atoms with van der Waals surface area (Å²) in [6.45, 7) is 0.737. The second-order valence-electron chi connectivity index (χ2n) is 4.44. The Labute approximate surface area is 110 Å². The summed E-state index contributed by atoms with van der Waals surface area (Å²) in [5.41, 5.74) is 0.765. The van der Waals surface area contributed by atoms with E-state index in [1.54, 1.807) is 7.11 Å². The van der Waals surface area contributed by atoms with E-state index >= 15 is 0 Å². The van der Waals surface area contributed by atoms with Gasteiger partial charge in [-0.2, -0.15) is 0 Å². The van der Waals surface area contributed by atoms with Gasteiger partial charge in [-0.3, -0.25) is 0 Å². The van der Waals surface area contributed by atoms with E-state index in [1.807, 2.05) is 12.1 Å². The van der Waals surface area contributed by atoms with Crippen molar-refractivity contribution < 1.29 is 9.47 Å². The third kappa shape index (κ3) is 2.20. The van der Waals surface area contributed by atoms with Crippen molar-refractivity contribution in [1.29, 1.82) is 0 Å². The Morgan fingerprint density at radius 2 is 2.11 bits per heavy atom. The lowest BCUT2D eigenvalue weighted by atomic mass is 10.2. The molecule has 1 heterocycles. The van der Waals surface area contributed by atoms with Crippen LogP contribution in [0.25, 0.3) is 10.9 Å². The fraction of sp³-hybridized carbons (Fsp3) is 0.385. The molecule has 0 N–H and O–H groups in total. The van der Waals surface area contributed by atoms with Crippen molar-refractivity contribution in [2.45, 2.75) is 12.8 Å². The molecular formula is C13H13ClN2O2. The van der Waals surface area contributed by atoms with Crippen LogP contribution < -0.4 is 9.47 Å². The van der Waals surface area contributed by atoms with Gasteiger partial charge in [-0.25, -0.2) is 9.97 Å². The lowest BCUT2D eigenvalue weighted by Gasteiger charge is -2.11. The topological polar surface area (TPSA) is 44.2 Å². The summed E-state index contributed by atoms with van der Waals surface area (Å²) in [5, 5.41) is 1.20. The molecular weight excluding hydrogens is 252 g/mol. The number of ether oxygens (including phenoxy) is 2. The molecule has 0 amide bonds. The van der Waals surface area contributed by atoms with Gasteiger partial charge in [0.2, 0.25) is 0 Å². The van der Waals surface area contributed by atoms with E-state index in [-0.39, 0.29) is 0 Å². The Hall–Kier alpha value is -1.55. The Bertz CT molecular complexity index is 584. The number of hydrogen-bond donors (Lipinski definition) is 0. The van der Waals surface area contributed by atoms with Gasteiger partial charge in [-0.05, 0) is 24.8 Å². The van der Waals surface area contributed by atoms with Crippen LogP contribution in [0.4, 0.5) is 0 Å². The summed E-state index contributed by atoms with van der Waals surface area (Å²) < 4.78 is 11.1. The molecule has 5 heteroatoms. The van der Waals surface area contributed by atoms with Crippen molar-refractivity contribution >= 4 is 22.5 Å². The molecule has 94 valence electrons. The predicted octanol–water partition coefficient (Wildman–Crippen LogP) is 3.08. The van der Waals surface area contributed by atoms with Crippen molar-refractivity contribution in [1.82, 2.24) is 9.97 Å². The number of aromatic nitrogens is 2. The SMILES string of the molecule is COc1cc2c(Cl)ncnc2cc1OCC1CC1. The fourth-order valence-electron chi connectivity index (χ4n) is 1.80. The first-order valence-corrected chi connectivity index (χ1v) is 6.27. The molecule has 4 nitrogen and oxygen atoms in total. The van der Waals surface area contributed by atoms with Gasteiger partial charge in [0.05, 0.1) is 19.2 Å². The number of hydrogen-bond acceptors (Lipinski definition) is 4. The molecule has 1 aromatic carbocycles. The van der Waals surface area contributed by atoms with Gasteiger partial charge >= 0.3 is 0 Å². The van der Waals surface area contributed by atoms with Crippen LogP contribution in [0, 0.1) is 5.92 Å². The summed E-state index contributed by atoms with van der Waals surface area (Å²) in [5.74, 6) is 2.07. The number of fused-ring (bicyclic) bond motifs is 1. The van der Waals surface area contributed by atoms with Gasteiger partial charge in [0, 0.05) is 11.5 Å². The number of benzene rings is 1. The smallest absolute Gasteiger partial charge is 0.163 e. The maximum atomic E-state index is 6.03. The van der Waals surface area contributed by atoms with E-state index in [2.05, 4.69) is 9.97 Å². The summed E-state index contributed by atoms with van der Waals surface area (Å²) in [7, 11) is 1.61. The van der Waals surface area contributed by atoms with Crippen LogP contribution in [-0.4, -0.2) is 23.7 Å². The van der Waals surface area contributed by atoms with Gasteiger partial charge in [-0.1, -0.05) is 11.6 Å². The Morgan fingerprint density at radius 3 is 2.83 bits per heavy atom. The molecule has 0 aliphatic heterocycles. The molecule has 1 aliphatic carbocycles. The first-order chi connectivity index (χ1) is 8.78. The molecule has 2 aromatic rings. The minimum atomic E-state index is 0.423. The fourth-order valence-corrected chi connectivity index (χ4v) is 1.99. The number of methoxy groups -OCH3 is 1. The zero-order chi connectivity index (χ0) is 12.5. The highest BCUT2D eigenvalue weighted by molar-refractivity contribution is 6.34. The summed E-state index contributed by atoms with van der Waals surface area (Å²) in [6.07, 6.45) is 3.95. The van der Waals surface area contributed by atoms with Crippen molar-refractivity contribution in [3.63, 3.8) is 0 Å². The Balaban J connectivity index is 2.00. The average Bonchev–Trinajstić information content (AvgIpc) is 3.20. The van der Waals surface area contributed by atoms with Crippen LogP contribution in [0.5, 0.6) is 11.5 Å². The normalized spacial score (nSPS) is 14.8. The van der Waals surface area contributed by atoms with Gasteiger partial charge < -0.3 is 9.47 Å². The molecule has 0 radical (unpaired) electrons. The molecule has 0 bridgehead atoms. The first-order valence-electron chi connectivity index (χ1n) is 5.89. The molecule has 0 saturated heterocycles. The van der Waals surface area contributed by atoms with Crippen molar-refractivity contribution in [3.05, 3.63) is 23.6 Å². The average molecular weight is 265 g/mol. The summed E-state index contributed by atoms with van der Waals surface area (Å²) >= 11 is 6.03. The second-order valence-corrected chi connectivity index (χ2v) is 4.80. The van der Waals surface area contributed by atoms with Crippen LogP contribution >= 0.6 is 11.6 Å². The number of nitrogens with zero attached hydrogens (tertiary/aromatic N) is 2. The highest BCUT2D eigenvalue weighted by Crippen LogP contribution is 2.36. The van der Waals surface area contributed by atoms with Gasteiger partial charge in [-0.15, -0.1) is 0 Å². The lowest BCUT2D eigenvalue weighted by Crippen LogP contribution is -2.01. The van der Waals surface area contributed by atoms with Gasteiger partial charge in [0.15, 0.2) is 11.5 Å². The maximum absolute atomic E-state index is 6.03. The molecule has 1 saturated carbocycles. The minimum Gasteiger partial charge on any atom is -0.493 e. The minimum absolute atomic E-state index is 0.423. The monoisotopic (exact) mass is 264 g/mol. The molecule has 0 unspecified atom stereocenters. The van der Waals surface area contributed by atoms with E-state index < -0.39 is 0 Å². The quantitative estimate of drug-likeness (QED) is 0.796. The van der Waals surface area contributed by atoms with E-state index in [1.165, 1.54) is 19.2 Å². The molecule has 0 spiro atoms. The van der Waals surface area contributed by atoms with E-state index in [0.717, 1.165) is 17.5 Å². The van der Waals surface area contributed by atoms with Crippen molar-refractivity contribution in [2.24, 2.45) is 5.92 Å². The summed E-state index contributed by atoms with van der Waals surface area (Å²) in [6, 6.07) is 3.67.